The minimum atomic E-state index is -0.0880. The summed E-state index contributed by atoms with van der Waals surface area (Å²) in [4.78, 5) is 12.1. The molecule has 2 nitrogen and oxygen atoms in total. The van der Waals surface area contributed by atoms with E-state index < -0.39 is 0 Å². The van der Waals surface area contributed by atoms with Crippen LogP contribution in [0.2, 0.25) is 0 Å². The number of hydrogen-bond donors (Lipinski definition) is 1. The summed E-state index contributed by atoms with van der Waals surface area (Å²) in [5, 5.41) is 2.96. The van der Waals surface area contributed by atoms with Crippen LogP contribution in [0.25, 0.3) is 0 Å². The van der Waals surface area contributed by atoms with Crippen molar-refractivity contribution in [3.05, 3.63) is 63.6 Å². The van der Waals surface area contributed by atoms with E-state index in [9.17, 15) is 4.79 Å². The van der Waals surface area contributed by atoms with Gasteiger partial charge in [-0.1, -0.05) is 47.1 Å². The third-order valence-electron chi connectivity index (χ3n) is 3.83. The molecule has 0 fully saturated rings. The van der Waals surface area contributed by atoms with Crippen LogP contribution in [0.3, 0.4) is 0 Å². The van der Waals surface area contributed by atoms with Crippen molar-refractivity contribution >= 4 is 27.5 Å². The third kappa shape index (κ3) is 2.50. The molecular weight excluding hydrogens is 314 g/mol. The van der Waals surface area contributed by atoms with Gasteiger partial charge in [0, 0.05) is 10.2 Å². The first-order valence-electron chi connectivity index (χ1n) is 6.85. The van der Waals surface area contributed by atoms with Crippen LogP contribution in [0.4, 0.5) is 5.69 Å². The Morgan fingerprint density at radius 3 is 2.50 bits per heavy atom. The zero-order valence-corrected chi connectivity index (χ0v) is 12.9. The number of rotatable bonds is 3. The van der Waals surface area contributed by atoms with Crippen LogP contribution in [0.1, 0.15) is 29.5 Å². The van der Waals surface area contributed by atoms with Crippen molar-refractivity contribution in [3.8, 4) is 0 Å². The number of amides is 1. The van der Waals surface area contributed by atoms with Gasteiger partial charge in [0.1, 0.15) is 0 Å². The van der Waals surface area contributed by atoms with Gasteiger partial charge < -0.3 is 5.32 Å². The molecule has 2 aromatic carbocycles. The molecule has 1 amide bonds. The zero-order chi connectivity index (χ0) is 14.1. The highest BCUT2D eigenvalue weighted by molar-refractivity contribution is 9.10. The summed E-state index contributed by atoms with van der Waals surface area (Å²) in [6.07, 6.45) is 1.79. The fourth-order valence-electron chi connectivity index (χ4n) is 2.65. The molecule has 1 heterocycles. The average Bonchev–Trinajstić information content (AvgIpc) is 2.76. The number of anilines is 1. The third-order valence-corrected chi connectivity index (χ3v) is 4.33. The summed E-state index contributed by atoms with van der Waals surface area (Å²) in [7, 11) is 0. The van der Waals surface area contributed by atoms with E-state index in [1.165, 1.54) is 11.1 Å². The number of carbonyl (C=O) groups is 1. The summed E-state index contributed by atoms with van der Waals surface area (Å²) < 4.78 is 1.01. The smallest absolute Gasteiger partial charge is 0.232 e. The van der Waals surface area contributed by atoms with E-state index >= 15 is 0 Å². The molecule has 3 rings (SSSR count). The van der Waals surface area contributed by atoms with E-state index in [4.69, 9.17) is 0 Å². The first-order valence-corrected chi connectivity index (χ1v) is 7.65. The Hall–Kier alpha value is -1.61. The molecule has 0 unspecified atom stereocenters. The maximum absolute atomic E-state index is 12.1. The molecular formula is C17H16BrNO. The largest absolute Gasteiger partial charge is 0.325 e. The molecule has 2 aromatic rings. The quantitative estimate of drug-likeness (QED) is 0.894. The van der Waals surface area contributed by atoms with E-state index in [1.54, 1.807) is 0 Å². The van der Waals surface area contributed by atoms with Gasteiger partial charge in [0.05, 0.1) is 5.92 Å². The summed E-state index contributed by atoms with van der Waals surface area (Å²) in [5.74, 6) is 0.00708. The fraction of sp³-hybridized carbons (Fsp3) is 0.235. The molecule has 1 N–H and O–H groups in total. The van der Waals surface area contributed by atoms with Gasteiger partial charge in [0.2, 0.25) is 5.91 Å². The lowest BCUT2D eigenvalue weighted by molar-refractivity contribution is -0.117. The number of carbonyl (C=O) groups excluding carboxylic acids is 1. The predicted molar refractivity (Wildman–Crippen MR) is 85.0 cm³/mol. The molecule has 0 aliphatic carbocycles. The molecule has 0 spiro atoms. The van der Waals surface area contributed by atoms with Crippen LogP contribution in [0.5, 0.6) is 0 Å². The first kappa shape index (κ1) is 13.4. The predicted octanol–water partition coefficient (Wildman–Crippen LogP) is 4.29. The van der Waals surface area contributed by atoms with E-state index in [0.29, 0.717) is 0 Å². The Kier molecular flexibility index (Phi) is 3.62. The Labute approximate surface area is 127 Å². The lowest BCUT2D eigenvalue weighted by Crippen LogP contribution is -2.14. The van der Waals surface area contributed by atoms with Crippen LogP contribution in [0, 0.1) is 0 Å². The van der Waals surface area contributed by atoms with E-state index in [0.717, 1.165) is 28.6 Å². The number of halogens is 1. The minimum Gasteiger partial charge on any atom is -0.325 e. The van der Waals surface area contributed by atoms with Crippen molar-refractivity contribution in [1.29, 1.82) is 0 Å². The Balaban J connectivity index is 1.87. The molecule has 0 bridgehead atoms. The highest BCUT2D eigenvalue weighted by atomic mass is 79.9. The molecule has 0 aromatic heterocycles. The zero-order valence-electron chi connectivity index (χ0n) is 11.3. The molecule has 20 heavy (non-hydrogen) atoms. The second kappa shape index (κ2) is 5.41. The van der Waals surface area contributed by atoms with E-state index in [-0.39, 0.29) is 11.8 Å². The average molecular weight is 330 g/mol. The van der Waals surface area contributed by atoms with Crippen molar-refractivity contribution in [2.45, 2.75) is 25.7 Å². The fourth-order valence-corrected chi connectivity index (χ4v) is 3.02. The van der Waals surface area contributed by atoms with Crippen LogP contribution >= 0.6 is 15.9 Å². The van der Waals surface area contributed by atoms with Gasteiger partial charge in [-0.05, 0) is 47.7 Å². The molecule has 3 heteroatoms. The number of fused-ring (bicyclic) bond motifs is 1. The monoisotopic (exact) mass is 329 g/mol. The molecule has 0 saturated carbocycles. The van der Waals surface area contributed by atoms with Crippen molar-refractivity contribution in [1.82, 2.24) is 0 Å². The van der Waals surface area contributed by atoms with Gasteiger partial charge in [0.15, 0.2) is 0 Å². The van der Waals surface area contributed by atoms with Crippen LogP contribution in [0.15, 0.2) is 46.9 Å². The minimum absolute atomic E-state index is 0.0880. The normalized spacial score (nSPS) is 16.9. The van der Waals surface area contributed by atoms with Crippen LogP contribution in [-0.4, -0.2) is 5.91 Å². The first-order chi connectivity index (χ1) is 9.67. The summed E-state index contributed by atoms with van der Waals surface area (Å²) >= 11 is 3.48. The molecule has 1 aliphatic rings. The SMILES string of the molecule is CCc1ccc(C[C@H]2C(=O)Nc3ccc(Br)cc32)cc1. The lowest BCUT2D eigenvalue weighted by atomic mass is 9.93. The Morgan fingerprint density at radius 1 is 1.10 bits per heavy atom. The number of aryl methyl sites for hydroxylation is 1. The van der Waals surface area contributed by atoms with Gasteiger partial charge in [-0.15, -0.1) is 0 Å². The second-order valence-corrected chi connectivity index (χ2v) is 6.06. The van der Waals surface area contributed by atoms with Crippen molar-refractivity contribution in [2.24, 2.45) is 0 Å². The van der Waals surface area contributed by atoms with Crippen molar-refractivity contribution in [2.75, 3.05) is 5.32 Å². The summed E-state index contributed by atoms with van der Waals surface area (Å²) in [6.45, 7) is 2.15. The summed E-state index contributed by atoms with van der Waals surface area (Å²) in [6, 6.07) is 14.5. The van der Waals surface area contributed by atoms with Gasteiger partial charge in [-0.2, -0.15) is 0 Å². The standard InChI is InChI=1S/C17H16BrNO/c1-2-11-3-5-12(6-4-11)9-15-14-10-13(18)7-8-16(14)19-17(15)20/h3-8,10,15H,2,9H2,1H3,(H,19,20)/t15-/m1/s1. The van der Waals surface area contributed by atoms with E-state index in [2.05, 4.69) is 52.4 Å². The number of benzene rings is 2. The molecule has 0 radical (unpaired) electrons. The van der Waals surface area contributed by atoms with Gasteiger partial charge in [-0.3, -0.25) is 4.79 Å². The van der Waals surface area contributed by atoms with Crippen molar-refractivity contribution < 1.29 is 4.79 Å². The maximum Gasteiger partial charge on any atom is 0.232 e. The molecule has 102 valence electrons. The maximum atomic E-state index is 12.1. The second-order valence-electron chi connectivity index (χ2n) is 5.15. The number of nitrogens with one attached hydrogen (secondary N) is 1. The topological polar surface area (TPSA) is 29.1 Å². The van der Waals surface area contributed by atoms with Crippen LogP contribution in [-0.2, 0) is 17.6 Å². The Morgan fingerprint density at radius 2 is 1.80 bits per heavy atom. The highest BCUT2D eigenvalue weighted by Crippen LogP contribution is 2.36. The lowest BCUT2D eigenvalue weighted by Gasteiger charge is -2.10. The van der Waals surface area contributed by atoms with Crippen LogP contribution < -0.4 is 5.32 Å². The van der Waals surface area contributed by atoms with E-state index in [1.807, 2.05) is 18.2 Å². The molecule has 1 atom stereocenters. The van der Waals surface area contributed by atoms with Gasteiger partial charge in [-0.25, -0.2) is 0 Å². The highest BCUT2D eigenvalue weighted by Gasteiger charge is 2.30. The summed E-state index contributed by atoms with van der Waals surface area (Å²) in [5.41, 5.74) is 4.56. The van der Waals surface area contributed by atoms with Gasteiger partial charge in [0.25, 0.3) is 0 Å². The molecule has 0 saturated heterocycles. The number of hydrogen-bond acceptors (Lipinski definition) is 1. The Bertz CT molecular complexity index is 649. The van der Waals surface area contributed by atoms with Crippen molar-refractivity contribution in [3.63, 3.8) is 0 Å². The van der Waals surface area contributed by atoms with Gasteiger partial charge >= 0.3 is 0 Å². The molecule has 1 aliphatic heterocycles.